The Kier molecular flexibility index (Phi) is 5.03. The SMILES string of the molecule is CC(C)/C=C/CB(c1ccccc1)c1ccccc1. The lowest BCUT2D eigenvalue weighted by Gasteiger charge is -2.12. The molecule has 19 heavy (non-hydrogen) atoms. The van der Waals surface area contributed by atoms with E-state index in [1.54, 1.807) is 0 Å². The predicted molar refractivity (Wildman–Crippen MR) is 86.7 cm³/mol. The second kappa shape index (κ2) is 6.99. The molecule has 0 heterocycles. The third kappa shape index (κ3) is 4.13. The highest BCUT2D eigenvalue weighted by Crippen LogP contribution is 2.02. The molecule has 0 fully saturated rings. The van der Waals surface area contributed by atoms with Gasteiger partial charge in [-0.05, 0) is 12.2 Å². The molecule has 0 atom stereocenters. The molecule has 0 spiro atoms. The van der Waals surface area contributed by atoms with Crippen LogP contribution >= 0.6 is 0 Å². The Morgan fingerprint density at radius 3 is 1.74 bits per heavy atom. The van der Waals surface area contributed by atoms with E-state index in [0.717, 1.165) is 6.32 Å². The van der Waals surface area contributed by atoms with Gasteiger partial charge in [-0.25, -0.2) is 0 Å². The highest BCUT2D eigenvalue weighted by atomic mass is 13.9. The highest BCUT2D eigenvalue weighted by Gasteiger charge is 2.16. The van der Waals surface area contributed by atoms with Crippen molar-refractivity contribution < 1.29 is 0 Å². The van der Waals surface area contributed by atoms with Crippen molar-refractivity contribution in [3.63, 3.8) is 0 Å². The summed E-state index contributed by atoms with van der Waals surface area (Å²) in [6.07, 6.45) is 5.67. The lowest BCUT2D eigenvalue weighted by molar-refractivity contribution is 0.830. The van der Waals surface area contributed by atoms with Crippen LogP contribution in [0.25, 0.3) is 0 Å². The van der Waals surface area contributed by atoms with Gasteiger partial charge in [-0.3, -0.25) is 0 Å². The smallest absolute Gasteiger partial charge is 0.0948 e. The fourth-order valence-corrected chi connectivity index (χ4v) is 2.32. The minimum absolute atomic E-state index is 0.456. The van der Waals surface area contributed by atoms with E-state index in [2.05, 4.69) is 86.7 Å². The van der Waals surface area contributed by atoms with Gasteiger partial charge in [-0.15, -0.1) is 0 Å². The first-order valence-electron chi connectivity index (χ1n) is 7.04. The number of allylic oxidation sites excluding steroid dienone is 2. The van der Waals surface area contributed by atoms with Crippen molar-refractivity contribution in [2.75, 3.05) is 0 Å². The van der Waals surface area contributed by atoms with Crippen molar-refractivity contribution in [1.29, 1.82) is 0 Å². The zero-order valence-electron chi connectivity index (χ0n) is 11.8. The average molecular weight is 248 g/mol. The van der Waals surface area contributed by atoms with Crippen molar-refractivity contribution >= 4 is 17.6 Å². The summed E-state index contributed by atoms with van der Waals surface area (Å²) in [5, 5.41) is 0. The Morgan fingerprint density at radius 2 is 1.32 bits per heavy atom. The first-order valence-corrected chi connectivity index (χ1v) is 7.04. The lowest BCUT2D eigenvalue weighted by atomic mass is 9.38. The predicted octanol–water partition coefficient (Wildman–Crippen LogP) is 3.51. The summed E-state index contributed by atoms with van der Waals surface area (Å²) in [5.41, 5.74) is 2.78. The van der Waals surface area contributed by atoms with Gasteiger partial charge in [0.05, 0.1) is 0 Å². The van der Waals surface area contributed by atoms with E-state index >= 15 is 0 Å². The van der Waals surface area contributed by atoms with Crippen LogP contribution in [0.1, 0.15) is 13.8 Å². The second-order valence-electron chi connectivity index (χ2n) is 5.28. The van der Waals surface area contributed by atoms with Crippen LogP contribution in [0.2, 0.25) is 6.32 Å². The Balaban J connectivity index is 2.24. The van der Waals surface area contributed by atoms with E-state index in [9.17, 15) is 0 Å². The molecule has 0 nitrogen and oxygen atoms in total. The standard InChI is InChI=1S/C18H21B/c1-16(2)10-9-15-19(17-11-5-3-6-12-17)18-13-7-4-8-14-18/h3-14,16H,15H2,1-2H3/b10-9+. The molecule has 0 amide bonds. The summed E-state index contributed by atoms with van der Waals surface area (Å²) in [6.45, 7) is 4.89. The van der Waals surface area contributed by atoms with Crippen molar-refractivity contribution in [1.82, 2.24) is 0 Å². The minimum Gasteiger partial charge on any atom is -0.0948 e. The quantitative estimate of drug-likeness (QED) is 0.561. The molecule has 0 radical (unpaired) electrons. The van der Waals surface area contributed by atoms with Gasteiger partial charge >= 0.3 is 0 Å². The molecule has 0 bridgehead atoms. The molecule has 0 aliphatic carbocycles. The van der Waals surface area contributed by atoms with E-state index < -0.39 is 0 Å². The summed E-state index contributed by atoms with van der Waals surface area (Å²) < 4.78 is 0. The van der Waals surface area contributed by atoms with Crippen molar-refractivity contribution in [2.24, 2.45) is 5.92 Å². The molecule has 0 saturated carbocycles. The molecule has 0 aromatic heterocycles. The zero-order valence-corrected chi connectivity index (χ0v) is 11.8. The minimum atomic E-state index is 0.456. The van der Waals surface area contributed by atoms with Crippen LogP contribution < -0.4 is 10.9 Å². The maximum absolute atomic E-state index is 2.31. The number of rotatable bonds is 5. The third-order valence-electron chi connectivity index (χ3n) is 3.30. The highest BCUT2D eigenvalue weighted by molar-refractivity contribution is 6.85. The molecule has 0 saturated heterocycles. The number of benzene rings is 2. The Labute approximate surface area is 117 Å². The van der Waals surface area contributed by atoms with Crippen LogP contribution in [0.15, 0.2) is 72.8 Å². The van der Waals surface area contributed by atoms with E-state index in [0.29, 0.717) is 12.6 Å². The average Bonchev–Trinajstić information content (AvgIpc) is 2.45. The van der Waals surface area contributed by atoms with Crippen LogP contribution in [-0.2, 0) is 0 Å². The third-order valence-corrected chi connectivity index (χ3v) is 3.30. The number of hydrogen-bond donors (Lipinski definition) is 0. The van der Waals surface area contributed by atoms with Gasteiger partial charge in [0.1, 0.15) is 0 Å². The summed E-state index contributed by atoms with van der Waals surface area (Å²) in [7, 11) is 0. The molecule has 0 N–H and O–H groups in total. The van der Waals surface area contributed by atoms with E-state index in [1.165, 1.54) is 10.9 Å². The Hall–Kier alpha value is -1.76. The van der Waals surface area contributed by atoms with Crippen LogP contribution in [0.4, 0.5) is 0 Å². The molecular weight excluding hydrogens is 227 g/mol. The van der Waals surface area contributed by atoms with Crippen molar-refractivity contribution in [3.05, 3.63) is 72.8 Å². The van der Waals surface area contributed by atoms with Gasteiger partial charge in [0.15, 0.2) is 0 Å². The maximum Gasteiger partial charge on any atom is 0.213 e. The van der Waals surface area contributed by atoms with Gasteiger partial charge < -0.3 is 0 Å². The Morgan fingerprint density at radius 1 is 0.842 bits per heavy atom. The van der Waals surface area contributed by atoms with Crippen molar-refractivity contribution in [3.8, 4) is 0 Å². The second-order valence-corrected chi connectivity index (χ2v) is 5.28. The van der Waals surface area contributed by atoms with Crippen LogP contribution in [-0.4, -0.2) is 6.71 Å². The molecule has 2 rings (SSSR count). The molecule has 2 aromatic rings. The van der Waals surface area contributed by atoms with E-state index in [4.69, 9.17) is 0 Å². The summed E-state index contributed by atoms with van der Waals surface area (Å²) >= 11 is 0. The molecule has 1 heteroatoms. The fraction of sp³-hybridized carbons (Fsp3) is 0.222. The maximum atomic E-state index is 2.31. The summed E-state index contributed by atoms with van der Waals surface area (Å²) in [5.74, 6) is 0.618. The van der Waals surface area contributed by atoms with Crippen molar-refractivity contribution in [2.45, 2.75) is 20.2 Å². The van der Waals surface area contributed by atoms with Crippen LogP contribution in [0.3, 0.4) is 0 Å². The molecule has 0 aliphatic rings. The Bertz CT molecular complexity index is 460. The van der Waals surface area contributed by atoms with E-state index in [1.807, 2.05) is 0 Å². The van der Waals surface area contributed by atoms with Gasteiger partial charge in [-0.2, -0.15) is 0 Å². The molecule has 2 aromatic carbocycles. The largest absolute Gasteiger partial charge is 0.213 e. The monoisotopic (exact) mass is 248 g/mol. The molecule has 0 aliphatic heterocycles. The van der Waals surface area contributed by atoms with Crippen LogP contribution in [0, 0.1) is 5.92 Å². The number of hydrogen-bond acceptors (Lipinski definition) is 0. The summed E-state index contributed by atoms with van der Waals surface area (Å²) in [6, 6.07) is 21.5. The first kappa shape index (κ1) is 13.7. The van der Waals surface area contributed by atoms with Gasteiger partial charge in [0.25, 0.3) is 0 Å². The lowest BCUT2D eigenvalue weighted by Crippen LogP contribution is -2.41. The first-order chi connectivity index (χ1) is 9.27. The topological polar surface area (TPSA) is 0 Å². The fourth-order valence-electron chi connectivity index (χ4n) is 2.32. The van der Waals surface area contributed by atoms with Gasteiger partial charge in [0.2, 0.25) is 6.71 Å². The molecule has 0 unspecified atom stereocenters. The zero-order chi connectivity index (χ0) is 13.5. The van der Waals surface area contributed by atoms with E-state index in [-0.39, 0.29) is 0 Å². The van der Waals surface area contributed by atoms with Gasteiger partial charge in [0, 0.05) is 0 Å². The normalized spacial score (nSPS) is 11.1. The summed E-state index contributed by atoms with van der Waals surface area (Å²) in [4.78, 5) is 0. The molecular formula is C18H21B. The van der Waals surface area contributed by atoms with Crippen LogP contribution in [0.5, 0.6) is 0 Å². The van der Waals surface area contributed by atoms with Gasteiger partial charge in [-0.1, -0.05) is 97.6 Å². The molecule has 96 valence electrons.